The Bertz CT molecular complexity index is 4000. The van der Waals surface area contributed by atoms with Gasteiger partial charge >= 0.3 is 24.1 Å². The highest BCUT2D eigenvalue weighted by Gasteiger charge is 2.62. The van der Waals surface area contributed by atoms with Crippen molar-refractivity contribution in [2.24, 2.45) is 40.6 Å². The molecule has 2 aromatic carbocycles. The third-order valence-electron chi connectivity index (χ3n) is 25.6. The summed E-state index contributed by atoms with van der Waals surface area (Å²) < 4.78 is 74.9. The van der Waals surface area contributed by atoms with Gasteiger partial charge in [0, 0.05) is 148 Å². The van der Waals surface area contributed by atoms with Crippen LogP contribution in [-0.4, -0.2) is 305 Å². The van der Waals surface area contributed by atoms with Crippen LogP contribution >= 0.6 is 12.1 Å². The molecule has 0 radical (unpaired) electrons. The number of aliphatic hydroxyl groups is 4. The predicted molar refractivity (Wildman–Crippen MR) is 474 cm³/mol. The number of aryl methyl sites for hydroxylation is 1. The van der Waals surface area contributed by atoms with Gasteiger partial charge in [0.05, 0.1) is 53.9 Å². The number of nitrogen functional groups attached to an aromatic ring is 2. The van der Waals surface area contributed by atoms with Gasteiger partial charge in [0.2, 0.25) is 0 Å². The van der Waals surface area contributed by atoms with E-state index >= 15 is 0 Å². The number of hydrogen-bond donors (Lipinski definition) is 8. The van der Waals surface area contributed by atoms with Crippen molar-refractivity contribution in [3.8, 4) is 23.6 Å². The molecule has 10 N–H and O–H groups in total. The maximum atomic E-state index is 14.5. The second kappa shape index (κ2) is 49.4. The Morgan fingerprint density at radius 1 is 0.672 bits per heavy atom. The average molecular weight is 1780 g/mol. The van der Waals surface area contributed by atoms with Crippen molar-refractivity contribution in [3.05, 3.63) is 70.7 Å². The summed E-state index contributed by atoms with van der Waals surface area (Å²) in [5.74, 6) is -4.60. The number of likely N-dealkylation sites (N-methyl/N-ethyl adjacent to an activating group) is 2. The quantitative estimate of drug-likeness (QED) is 0.00450. The second-order valence-corrected chi connectivity index (χ2v) is 35.7. The monoisotopic (exact) mass is 1780 g/mol. The molecular weight excluding hydrogens is 1640 g/mol. The first-order valence-corrected chi connectivity index (χ1v) is 45.1. The minimum absolute atomic E-state index is 0.102. The van der Waals surface area contributed by atoms with E-state index in [1.807, 2.05) is 136 Å². The summed E-state index contributed by atoms with van der Waals surface area (Å²) in [6.45, 7) is 27.4. The Kier molecular flexibility index (Phi) is 42.0. The number of fused-ring (bicyclic) bond motifs is 2. The van der Waals surface area contributed by atoms with E-state index in [0.29, 0.717) is 121 Å². The summed E-state index contributed by atoms with van der Waals surface area (Å²) in [4.78, 5) is 94.2. The first kappa shape index (κ1) is 106. The van der Waals surface area contributed by atoms with E-state index in [-0.39, 0.29) is 86.4 Å². The number of esters is 2. The number of hydrogen-bond acceptors (Lipinski definition) is 30. The smallest absolute Gasteiger partial charge is 0.410 e. The number of halogens is 1. The summed E-state index contributed by atoms with van der Waals surface area (Å²) in [6.07, 6.45) is 3.74. The van der Waals surface area contributed by atoms with E-state index in [1.165, 1.54) is 34.3 Å². The molecule has 0 spiro atoms. The lowest BCUT2D eigenvalue weighted by Crippen LogP contribution is -2.61. The van der Waals surface area contributed by atoms with Crippen LogP contribution in [0.2, 0.25) is 0 Å². The van der Waals surface area contributed by atoms with Crippen LogP contribution in [0.3, 0.4) is 0 Å². The maximum Gasteiger partial charge on any atom is 0.410 e. The molecule has 6 saturated heterocycles. The highest BCUT2D eigenvalue weighted by Crippen LogP contribution is 2.45. The number of methoxy groups -OCH3 is 2. The molecule has 704 valence electrons. The fourth-order valence-electron chi connectivity index (χ4n) is 18.9. The van der Waals surface area contributed by atoms with Crippen LogP contribution in [0.5, 0.6) is 0 Å². The second-order valence-electron chi connectivity index (χ2n) is 35.4. The highest BCUT2D eigenvalue weighted by molar-refractivity contribution is 7.93. The lowest BCUT2D eigenvalue weighted by atomic mass is 9.75. The number of cyclic esters (lactones) is 2. The number of carbonyl (C=O) groups excluding carboxylic acids is 6. The van der Waals surface area contributed by atoms with E-state index in [4.69, 9.17) is 70.8 Å². The van der Waals surface area contributed by atoms with E-state index in [0.717, 1.165) is 11.1 Å². The molecule has 0 bridgehead atoms. The molecular formula is C89H145FN14O20S. The number of unbranched alkanes of at least 4 members (excludes halogenated alkanes) is 2. The van der Waals surface area contributed by atoms with E-state index in [9.17, 15) is 53.1 Å². The van der Waals surface area contributed by atoms with Gasteiger partial charge in [0.1, 0.15) is 41.9 Å². The van der Waals surface area contributed by atoms with Gasteiger partial charge in [-0.2, -0.15) is 3.89 Å². The zero-order chi connectivity index (χ0) is 93.2. The van der Waals surface area contributed by atoms with Crippen molar-refractivity contribution >= 4 is 59.2 Å². The highest BCUT2D eigenvalue weighted by atomic mass is 32.2. The Morgan fingerprint density at radius 2 is 1.09 bits per heavy atom. The minimum atomic E-state index is -1.27. The van der Waals surface area contributed by atoms with Gasteiger partial charge in [-0.1, -0.05) is 76.0 Å². The van der Waals surface area contributed by atoms with Gasteiger partial charge in [0.25, 0.3) is 0 Å². The van der Waals surface area contributed by atoms with Gasteiger partial charge in [-0.25, -0.2) is 9.59 Å². The van der Waals surface area contributed by atoms with E-state index in [2.05, 4.69) is 36.9 Å². The van der Waals surface area contributed by atoms with E-state index in [1.54, 1.807) is 54.3 Å². The van der Waals surface area contributed by atoms with Crippen molar-refractivity contribution in [2.45, 2.75) is 301 Å². The molecule has 0 saturated carbocycles. The summed E-state index contributed by atoms with van der Waals surface area (Å²) in [6, 6.07) is 12.4. The van der Waals surface area contributed by atoms with Crippen LogP contribution in [0.4, 0.5) is 24.8 Å². The zero-order valence-corrected chi connectivity index (χ0v) is 78.2. The number of nitrogens with two attached hydrogens (primary N) is 2. The fraction of sp³-hybridized carbons (Fsp3) is 0.753. The molecule has 3 aromatic rings. The number of aromatic nitrogens is 3. The number of terminal acetylenes is 1. The van der Waals surface area contributed by atoms with Crippen molar-refractivity contribution < 1.29 is 100 Å². The number of aliphatic hydroxyl groups excluding tert-OH is 4. The first-order valence-electron chi connectivity index (χ1n) is 44.0. The van der Waals surface area contributed by atoms with E-state index < -0.39 is 143 Å². The average Bonchev–Trinajstić information content (AvgIpc) is 1.60. The number of Topliss-reactive ketones (excluding diaryl/α,β-unsaturated/α-hetero) is 2. The largest absolute Gasteiger partial charge is 0.458 e. The zero-order valence-electron chi connectivity index (χ0n) is 77.4. The molecule has 6 aliphatic heterocycles. The molecule has 0 aliphatic carbocycles. The summed E-state index contributed by atoms with van der Waals surface area (Å²) in [5.41, 5.74) is 18.8. The summed E-state index contributed by atoms with van der Waals surface area (Å²) >= 11 is 0.250. The molecule has 125 heavy (non-hydrogen) atoms. The first-order chi connectivity index (χ1) is 59.1. The van der Waals surface area contributed by atoms with Crippen LogP contribution in [-0.2, 0) is 73.1 Å². The van der Waals surface area contributed by atoms with Crippen LogP contribution < -0.4 is 22.1 Å². The molecule has 26 atom stereocenters. The molecule has 6 aliphatic rings. The molecule has 7 heterocycles. The van der Waals surface area contributed by atoms with Gasteiger partial charge in [-0.3, -0.25) is 33.7 Å². The number of benzene rings is 2. The minimum Gasteiger partial charge on any atom is -0.458 e. The van der Waals surface area contributed by atoms with Gasteiger partial charge in [0.15, 0.2) is 35.3 Å². The molecule has 1 aromatic heterocycles. The number of anilines is 2. The van der Waals surface area contributed by atoms with Crippen molar-refractivity contribution in [2.75, 3.05) is 106 Å². The molecule has 6 fully saturated rings. The normalized spacial score (nSPS) is 34.6. The Hall–Kier alpha value is -7.41. The summed E-state index contributed by atoms with van der Waals surface area (Å²) in [5, 5.41) is 63.4. The van der Waals surface area contributed by atoms with Crippen molar-refractivity contribution in [1.29, 1.82) is 0 Å². The predicted octanol–water partition coefficient (Wildman–Crippen LogP) is 9.55. The number of amides is 2. The lowest BCUT2D eigenvalue weighted by molar-refractivity contribution is -0.298. The third-order valence-corrected chi connectivity index (χ3v) is 25.6. The number of carbonyl (C=O) groups is 6. The Balaban J connectivity index is 0.000000343. The van der Waals surface area contributed by atoms with Crippen molar-refractivity contribution in [1.82, 2.24) is 45.2 Å². The number of ketones is 2. The number of ether oxygens (including phenoxy) is 10. The fourth-order valence-corrected chi connectivity index (χ4v) is 18.9. The number of rotatable bonds is 25. The van der Waals surface area contributed by atoms with Crippen molar-refractivity contribution in [3.63, 3.8) is 0 Å². The van der Waals surface area contributed by atoms with Gasteiger partial charge < -0.3 is 99.7 Å². The molecule has 6 unspecified atom stereocenters. The van der Waals surface area contributed by atoms with Crippen LogP contribution in [0.15, 0.2) is 59.8 Å². The van der Waals surface area contributed by atoms with Gasteiger partial charge in [-0.15, -0.1) is 11.5 Å². The Morgan fingerprint density at radius 3 is 1.46 bits per heavy atom. The standard InChI is InChI=1S/C44H71N7O10.C36H64N6O10.C8H7N.CH3FS/c1-11-35-43(7)38(51(42(56)61-43)19-13-12-18-50-25-33(47-48-50)31-15-14-16-32(45)22-31)30(6)46-24-26(2)23-44(57-10,17-20-52)39(28(4)36(53)29(5)40(55)59-35)60-41-37(54)34(49(8)9)21-27(3)58-41;1-11-27-35(7)30(42(34(47)52-35)16-13-12-15-39-40-37)25(6)38-20-21(2)19-36(48-10,14-17-43)31(23(4)28(44)24(5)32(46)50-27)51-33-29(45)26(41(8)9)18-22(3)49-33;1-2-7-4-3-5-8(9)6-7;1-3-2/h14-16,22,25-30,34-35,37-39,41,46,52,54H,11-13,17-21,23-24,45H2,1-10H3;21-27,29-31,33,38,43,45H,11-20H2,1-10H3;1,3-6H,9H2;1H3/t26-,27?,28+,29-,30-,34?,35-,37?,38-,39-,41+,43-,44-;21-,22?,23+,24-,25-,26?,27-,29?,30-,31-,33+,35-,36-;;/m11../s1. The Labute approximate surface area is 743 Å². The molecule has 36 heteroatoms. The SMILES string of the molecule is C#Cc1cccc(N)c1.CC[C@H]1OC(=O)[C@H](C)C(=O)[C@H](C)[C@@H](O[C@@H]2OC(C)CC(N(C)C)C2O)[C@](CCO)(OC)C[C@@H](C)CN[C@H](C)[C@H]2N(CCCCN=[N+]=[N-])C(=O)O[C@]12C.CC[C@H]1OC(=O)[C@H](C)C(=O)[C@H](C)[C@@H](O[C@@H]2OC(C)CC(N(C)C)C2O)[C@](CCO)(OC)C[C@@H](C)CN[C@H](C)[C@H]2N(CCCCn3cc(-c4cccc(N)c4)nn3)C(=O)O[C@]12C.CSF. The number of nitrogens with zero attached hydrogens (tertiary/aromatic N) is 10. The van der Waals surface area contributed by atoms with Crippen LogP contribution in [0.25, 0.3) is 21.7 Å². The molecule has 34 nitrogen and oxygen atoms in total. The molecule has 9 rings (SSSR count). The lowest BCUT2D eigenvalue weighted by Gasteiger charge is -2.48. The number of azide groups is 1. The third kappa shape index (κ3) is 27.1. The maximum absolute atomic E-state index is 14.5. The van der Waals surface area contributed by atoms with Crippen LogP contribution in [0, 0.1) is 47.9 Å². The number of nitrogens with one attached hydrogen (secondary N) is 2. The summed E-state index contributed by atoms with van der Waals surface area (Å²) in [7, 11) is 10.5. The molecule has 2 amide bonds. The van der Waals surface area contributed by atoms with Crippen LogP contribution in [0.1, 0.15) is 180 Å². The topological polar surface area (TPSA) is 444 Å². The van der Waals surface area contributed by atoms with Gasteiger partial charge in [-0.05, 0) is 209 Å².